The minimum atomic E-state index is -0.444. The Hall–Kier alpha value is -2.77. The summed E-state index contributed by atoms with van der Waals surface area (Å²) in [5.74, 6) is 0.897. The van der Waals surface area contributed by atoms with E-state index in [1.165, 1.54) is 7.11 Å². The summed E-state index contributed by atoms with van der Waals surface area (Å²) in [5.41, 5.74) is 2.77. The van der Waals surface area contributed by atoms with Gasteiger partial charge in [-0.3, -0.25) is 4.90 Å². The zero-order chi connectivity index (χ0) is 20.5. The molecule has 1 atom stereocenters. The van der Waals surface area contributed by atoms with Gasteiger partial charge in [-0.1, -0.05) is 23.7 Å². The molecule has 2 aromatic carbocycles. The Kier molecular flexibility index (Phi) is 5.34. The molecule has 0 aliphatic carbocycles. The molecule has 0 saturated carbocycles. The highest BCUT2D eigenvalue weighted by Gasteiger charge is 2.35. The predicted octanol–water partition coefficient (Wildman–Crippen LogP) is 3.99. The van der Waals surface area contributed by atoms with E-state index < -0.39 is 12.0 Å². The van der Waals surface area contributed by atoms with Crippen LogP contribution in [0.25, 0.3) is 0 Å². The van der Waals surface area contributed by atoms with Gasteiger partial charge in [-0.15, -0.1) is 0 Å². The van der Waals surface area contributed by atoms with Gasteiger partial charge in [0.1, 0.15) is 13.2 Å². The van der Waals surface area contributed by atoms with E-state index in [1.54, 1.807) is 17.0 Å². The largest absolute Gasteiger partial charge is 0.486 e. The molecule has 0 aromatic heterocycles. The van der Waals surface area contributed by atoms with Crippen molar-refractivity contribution in [3.8, 4) is 11.5 Å². The van der Waals surface area contributed by atoms with E-state index >= 15 is 0 Å². The first kappa shape index (κ1) is 19.5. The first-order valence-corrected chi connectivity index (χ1v) is 9.83. The van der Waals surface area contributed by atoms with E-state index in [1.807, 2.05) is 37.3 Å². The number of esters is 1. The maximum absolute atomic E-state index is 12.7. The molecular formula is C21H19ClN2O4S. The molecule has 2 aliphatic heterocycles. The Morgan fingerprint density at radius 1 is 1.17 bits per heavy atom. The number of rotatable bonds is 3. The molecule has 2 aromatic rings. The summed E-state index contributed by atoms with van der Waals surface area (Å²) in [7, 11) is 1.36. The lowest BCUT2D eigenvalue weighted by atomic mass is 9.95. The number of thiocarbonyl (C=S) groups is 1. The molecule has 2 aliphatic rings. The minimum Gasteiger partial charge on any atom is -0.486 e. The van der Waals surface area contributed by atoms with Crippen molar-refractivity contribution in [2.24, 2.45) is 0 Å². The number of carbonyl (C=O) groups is 1. The summed E-state index contributed by atoms with van der Waals surface area (Å²) >= 11 is 11.7. The first-order valence-electron chi connectivity index (χ1n) is 9.04. The molecule has 0 spiro atoms. The van der Waals surface area contributed by atoms with E-state index in [-0.39, 0.29) is 0 Å². The van der Waals surface area contributed by atoms with Crippen molar-refractivity contribution >= 4 is 40.6 Å². The number of hydrogen-bond acceptors (Lipinski definition) is 5. The average Bonchev–Trinajstić information content (AvgIpc) is 2.73. The van der Waals surface area contributed by atoms with Crippen LogP contribution < -0.4 is 19.7 Å². The fourth-order valence-corrected chi connectivity index (χ4v) is 3.99. The van der Waals surface area contributed by atoms with Gasteiger partial charge in [0.2, 0.25) is 0 Å². The second kappa shape index (κ2) is 7.93. The molecule has 2 heterocycles. The topological polar surface area (TPSA) is 60.0 Å². The summed E-state index contributed by atoms with van der Waals surface area (Å²) in [5, 5.41) is 4.34. The van der Waals surface area contributed by atoms with E-state index in [2.05, 4.69) is 5.32 Å². The zero-order valence-corrected chi connectivity index (χ0v) is 17.5. The number of allylic oxidation sites excluding steroid dienone is 1. The molecule has 0 bridgehead atoms. The third kappa shape index (κ3) is 3.63. The van der Waals surface area contributed by atoms with Crippen LogP contribution in [0, 0.1) is 0 Å². The lowest BCUT2D eigenvalue weighted by Gasteiger charge is -2.37. The second-order valence-corrected chi connectivity index (χ2v) is 7.41. The number of ether oxygens (including phenoxy) is 3. The van der Waals surface area contributed by atoms with Crippen LogP contribution in [0.3, 0.4) is 0 Å². The molecule has 0 saturated heterocycles. The predicted molar refractivity (Wildman–Crippen MR) is 115 cm³/mol. The summed E-state index contributed by atoms with van der Waals surface area (Å²) < 4.78 is 16.3. The van der Waals surface area contributed by atoms with Gasteiger partial charge >= 0.3 is 5.97 Å². The normalized spacial score (nSPS) is 18.4. The third-order valence-electron chi connectivity index (χ3n) is 4.88. The molecule has 0 fully saturated rings. The number of fused-ring (bicyclic) bond motifs is 1. The highest BCUT2D eigenvalue weighted by molar-refractivity contribution is 7.80. The number of halogens is 1. The molecule has 0 radical (unpaired) electrons. The number of hydrogen-bond donors (Lipinski definition) is 1. The van der Waals surface area contributed by atoms with Gasteiger partial charge < -0.3 is 19.5 Å². The highest BCUT2D eigenvalue weighted by atomic mass is 35.5. The van der Waals surface area contributed by atoms with E-state index in [9.17, 15) is 4.79 Å². The van der Waals surface area contributed by atoms with Crippen molar-refractivity contribution in [3.63, 3.8) is 0 Å². The summed E-state index contributed by atoms with van der Waals surface area (Å²) in [6.45, 7) is 2.85. The van der Waals surface area contributed by atoms with Gasteiger partial charge in [-0.2, -0.15) is 0 Å². The molecule has 0 amide bonds. The first-order chi connectivity index (χ1) is 14.0. The van der Waals surface area contributed by atoms with E-state index in [4.69, 9.17) is 38.0 Å². The molecule has 6 nitrogen and oxygen atoms in total. The molecule has 1 unspecified atom stereocenters. The molecule has 29 heavy (non-hydrogen) atoms. The van der Waals surface area contributed by atoms with Crippen molar-refractivity contribution in [1.29, 1.82) is 0 Å². The number of nitrogens with one attached hydrogen (secondary N) is 1. The molecular weight excluding hydrogens is 412 g/mol. The smallest absolute Gasteiger partial charge is 0.337 e. The number of nitrogens with zero attached hydrogens (tertiary/aromatic N) is 1. The van der Waals surface area contributed by atoms with Crippen molar-refractivity contribution in [2.45, 2.75) is 13.0 Å². The Balaban J connectivity index is 1.80. The van der Waals surface area contributed by atoms with Gasteiger partial charge in [0.15, 0.2) is 16.6 Å². The Bertz CT molecular complexity index is 1010. The molecule has 8 heteroatoms. The fourth-order valence-electron chi connectivity index (χ4n) is 3.50. The van der Waals surface area contributed by atoms with Crippen LogP contribution in [0.1, 0.15) is 18.5 Å². The average molecular weight is 431 g/mol. The standard InChI is InChI=1S/C21H19ClN2O4S/c1-12-18(20(25)26-2)19(13-3-5-14(22)6-4-13)23-21(29)24(12)15-7-8-16-17(11-15)28-10-9-27-16/h3-8,11,19H,9-10H2,1-2H3,(H,23,29). The Morgan fingerprint density at radius 3 is 2.55 bits per heavy atom. The molecule has 150 valence electrons. The van der Waals surface area contributed by atoms with Crippen molar-refractivity contribution in [2.75, 3.05) is 25.2 Å². The number of anilines is 1. The summed E-state index contributed by atoms with van der Waals surface area (Å²) in [6, 6.07) is 12.4. The van der Waals surface area contributed by atoms with Crippen LogP contribution in [-0.4, -0.2) is 31.4 Å². The number of methoxy groups -OCH3 is 1. The van der Waals surface area contributed by atoms with Crippen LogP contribution in [0.15, 0.2) is 53.7 Å². The monoisotopic (exact) mass is 430 g/mol. The van der Waals surface area contributed by atoms with Gasteiger partial charge in [-0.05, 0) is 49.0 Å². The SMILES string of the molecule is COC(=O)C1=C(C)N(c2ccc3c(c2)OCCO3)C(=S)NC1c1ccc(Cl)cc1. The van der Waals surface area contributed by atoms with Crippen LogP contribution in [0.2, 0.25) is 5.02 Å². The van der Waals surface area contributed by atoms with Gasteiger partial charge in [0.25, 0.3) is 0 Å². The van der Waals surface area contributed by atoms with E-state index in [0.29, 0.717) is 46.1 Å². The Labute approximate surface area is 179 Å². The zero-order valence-electron chi connectivity index (χ0n) is 15.9. The van der Waals surface area contributed by atoms with Crippen molar-refractivity contribution in [3.05, 3.63) is 64.3 Å². The molecule has 4 rings (SSSR count). The quantitative estimate of drug-likeness (QED) is 0.583. The lowest BCUT2D eigenvalue weighted by Crippen LogP contribution is -2.48. The van der Waals surface area contributed by atoms with Crippen LogP contribution in [0.4, 0.5) is 5.69 Å². The lowest BCUT2D eigenvalue weighted by molar-refractivity contribution is -0.136. The minimum absolute atomic E-state index is 0.431. The summed E-state index contributed by atoms with van der Waals surface area (Å²) in [4.78, 5) is 14.5. The fraction of sp³-hybridized carbons (Fsp3) is 0.238. The van der Waals surface area contributed by atoms with Gasteiger partial charge in [-0.25, -0.2) is 4.79 Å². The van der Waals surface area contributed by atoms with Gasteiger partial charge in [0, 0.05) is 16.8 Å². The van der Waals surface area contributed by atoms with Crippen LogP contribution in [0.5, 0.6) is 11.5 Å². The van der Waals surface area contributed by atoms with Gasteiger partial charge in [0.05, 0.1) is 24.4 Å². The van der Waals surface area contributed by atoms with Crippen molar-refractivity contribution < 1.29 is 19.0 Å². The third-order valence-corrected chi connectivity index (χ3v) is 5.43. The van der Waals surface area contributed by atoms with E-state index in [0.717, 1.165) is 11.3 Å². The number of benzene rings is 2. The van der Waals surface area contributed by atoms with Crippen LogP contribution >= 0.6 is 23.8 Å². The van der Waals surface area contributed by atoms with Crippen LogP contribution in [-0.2, 0) is 9.53 Å². The van der Waals surface area contributed by atoms with Crippen molar-refractivity contribution in [1.82, 2.24) is 5.32 Å². The maximum atomic E-state index is 12.7. The summed E-state index contributed by atoms with van der Waals surface area (Å²) in [6.07, 6.45) is 0. The maximum Gasteiger partial charge on any atom is 0.337 e. The molecule has 1 N–H and O–H groups in total. The number of carbonyl (C=O) groups excluding carboxylic acids is 1. The second-order valence-electron chi connectivity index (χ2n) is 6.59. The highest BCUT2D eigenvalue weighted by Crippen LogP contribution is 2.38. The Morgan fingerprint density at radius 2 is 1.86 bits per heavy atom.